The molecule has 2 saturated heterocycles. The molecule has 0 aliphatic carbocycles. The Balaban J connectivity index is 1.65. The molecule has 0 N–H and O–H groups in total. The van der Waals surface area contributed by atoms with Gasteiger partial charge in [-0.15, -0.1) is 0 Å². The van der Waals surface area contributed by atoms with E-state index in [0.29, 0.717) is 16.3 Å². The molecular formula is C16H18N2OS. The minimum Gasteiger partial charge on any atom is -0.297 e. The van der Waals surface area contributed by atoms with Crippen molar-refractivity contribution in [3.05, 3.63) is 36.3 Å². The molecule has 4 heterocycles. The largest absolute Gasteiger partial charge is 0.297 e. The molecule has 0 radical (unpaired) electrons. The Hall–Kier alpha value is -1.29. The zero-order valence-corrected chi connectivity index (χ0v) is 12.2. The highest BCUT2D eigenvalue weighted by atomic mass is 32.2. The molecule has 0 aromatic carbocycles. The molecule has 20 heavy (non-hydrogen) atoms. The number of aromatic nitrogens is 2. The third-order valence-electron chi connectivity index (χ3n) is 4.58. The summed E-state index contributed by atoms with van der Waals surface area (Å²) in [6.45, 7) is 0. The van der Waals surface area contributed by atoms with E-state index in [9.17, 15) is 4.79 Å². The molecule has 2 aromatic heterocycles. The van der Waals surface area contributed by atoms with E-state index in [1.54, 1.807) is 6.20 Å². The minimum absolute atomic E-state index is 0.208. The average Bonchev–Trinajstić information content (AvgIpc) is 2.94. The number of imidazole rings is 1. The third-order valence-corrected chi connectivity index (χ3v) is 6.21. The van der Waals surface area contributed by atoms with Crippen LogP contribution < -0.4 is 0 Å². The number of hydrogen-bond donors (Lipinski definition) is 0. The predicted octanol–water partition coefficient (Wildman–Crippen LogP) is 3.58. The summed E-state index contributed by atoms with van der Waals surface area (Å²) in [5.74, 6) is 0.519. The summed E-state index contributed by atoms with van der Waals surface area (Å²) in [6.07, 6.45) is 9.70. The highest BCUT2D eigenvalue weighted by Gasteiger charge is 2.36. The average molecular weight is 286 g/mol. The van der Waals surface area contributed by atoms with Crippen LogP contribution >= 0.6 is 11.8 Å². The number of ketones is 1. The van der Waals surface area contributed by atoms with Gasteiger partial charge in [0, 0.05) is 28.8 Å². The van der Waals surface area contributed by atoms with Crippen molar-refractivity contribution in [1.29, 1.82) is 0 Å². The molecule has 2 bridgehead atoms. The van der Waals surface area contributed by atoms with Gasteiger partial charge in [-0.25, -0.2) is 4.98 Å². The van der Waals surface area contributed by atoms with E-state index in [-0.39, 0.29) is 5.92 Å². The molecule has 2 aliphatic heterocycles. The fourth-order valence-corrected chi connectivity index (χ4v) is 5.47. The first kappa shape index (κ1) is 12.5. The van der Waals surface area contributed by atoms with Gasteiger partial charge < -0.3 is 0 Å². The van der Waals surface area contributed by atoms with E-state index in [1.807, 2.05) is 28.8 Å². The van der Waals surface area contributed by atoms with Crippen LogP contribution in [0.1, 0.15) is 42.6 Å². The van der Waals surface area contributed by atoms with Crippen LogP contribution in [0.4, 0.5) is 0 Å². The number of Topliss-reactive ketones (excluding diaryl/α,β-unsaturated/α-hetero) is 1. The summed E-state index contributed by atoms with van der Waals surface area (Å²) in [5.41, 5.74) is 1.66. The van der Waals surface area contributed by atoms with Crippen LogP contribution in [-0.4, -0.2) is 25.7 Å². The van der Waals surface area contributed by atoms with Crippen LogP contribution in [0.2, 0.25) is 0 Å². The molecule has 0 spiro atoms. The number of carbonyl (C=O) groups is 1. The number of rotatable bonds is 2. The van der Waals surface area contributed by atoms with Gasteiger partial charge in [0.25, 0.3) is 0 Å². The lowest BCUT2D eigenvalue weighted by molar-refractivity contribution is 0.0890. The maximum atomic E-state index is 12.9. The Bertz CT molecular complexity index is 639. The van der Waals surface area contributed by atoms with E-state index < -0.39 is 0 Å². The van der Waals surface area contributed by atoms with E-state index in [0.717, 1.165) is 24.2 Å². The second-order valence-corrected chi connectivity index (χ2v) is 7.52. The smallest absolute Gasteiger partial charge is 0.182 e. The Morgan fingerprint density at radius 3 is 2.85 bits per heavy atom. The lowest BCUT2D eigenvalue weighted by Gasteiger charge is -2.37. The van der Waals surface area contributed by atoms with Gasteiger partial charge in [0.1, 0.15) is 5.65 Å². The molecule has 4 heteroatoms. The molecule has 3 nitrogen and oxygen atoms in total. The molecular weight excluding hydrogens is 268 g/mol. The van der Waals surface area contributed by atoms with Crippen LogP contribution in [0.3, 0.4) is 0 Å². The fraction of sp³-hybridized carbons (Fsp3) is 0.500. The van der Waals surface area contributed by atoms with Crippen LogP contribution in [0.25, 0.3) is 5.65 Å². The van der Waals surface area contributed by atoms with Gasteiger partial charge in [-0.3, -0.25) is 9.20 Å². The summed E-state index contributed by atoms with van der Waals surface area (Å²) in [7, 11) is 0. The van der Waals surface area contributed by atoms with Crippen LogP contribution in [0.15, 0.2) is 30.6 Å². The summed E-state index contributed by atoms with van der Waals surface area (Å²) < 4.78 is 1.93. The monoisotopic (exact) mass is 286 g/mol. The van der Waals surface area contributed by atoms with Crippen molar-refractivity contribution in [2.45, 2.75) is 42.6 Å². The summed E-state index contributed by atoms with van der Waals surface area (Å²) >= 11 is 2.12. The zero-order valence-electron chi connectivity index (χ0n) is 11.4. The summed E-state index contributed by atoms with van der Waals surface area (Å²) in [4.78, 5) is 17.2. The van der Waals surface area contributed by atoms with E-state index in [4.69, 9.17) is 0 Å². The van der Waals surface area contributed by atoms with Crippen molar-refractivity contribution >= 4 is 23.2 Å². The maximum absolute atomic E-state index is 12.9. The van der Waals surface area contributed by atoms with Gasteiger partial charge in [0.15, 0.2) is 5.78 Å². The Morgan fingerprint density at radius 2 is 2.05 bits per heavy atom. The number of pyridine rings is 1. The SMILES string of the molecule is O=C(c1cccc2nccn12)C1CC2CCCC(C1)S2. The van der Waals surface area contributed by atoms with Gasteiger partial charge >= 0.3 is 0 Å². The van der Waals surface area contributed by atoms with Crippen molar-refractivity contribution in [3.63, 3.8) is 0 Å². The molecule has 2 atom stereocenters. The quantitative estimate of drug-likeness (QED) is 0.791. The number of nitrogens with zero attached hydrogens (tertiary/aromatic N) is 2. The van der Waals surface area contributed by atoms with Crippen molar-refractivity contribution in [3.8, 4) is 0 Å². The second kappa shape index (κ2) is 4.92. The van der Waals surface area contributed by atoms with Gasteiger partial charge in [-0.05, 0) is 37.8 Å². The molecule has 104 valence electrons. The van der Waals surface area contributed by atoms with E-state index >= 15 is 0 Å². The van der Waals surface area contributed by atoms with Gasteiger partial charge in [0.05, 0.1) is 5.69 Å². The summed E-state index contributed by atoms with van der Waals surface area (Å²) in [6, 6.07) is 5.82. The molecule has 2 fully saturated rings. The minimum atomic E-state index is 0.208. The van der Waals surface area contributed by atoms with Crippen LogP contribution in [0.5, 0.6) is 0 Å². The van der Waals surface area contributed by atoms with Crippen molar-refractivity contribution in [2.24, 2.45) is 5.92 Å². The molecule has 4 rings (SSSR count). The highest BCUT2D eigenvalue weighted by molar-refractivity contribution is 8.00. The normalized spacial score (nSPS) is 29.5. The lowest BCUT2D eigenvalue weighted by Crippen LogP contribution is -2.33. The third kappa shape index (κ3) is 2.06. The van der Waals surface area contributed by atoms with Crippen LogP contribution in [0, 0.1) is 5.92 Å². The number of hydrogen-bond acceptors (Lipinski definition) is 3. The zero-order chi connectivity index (χ0) is 13.5. The Labute approximate surface area is 122 Å². The van der Waals surface area contributed by atoms with Gasteiger partial charge in [-0.2, -0.15) is 11.8 Å². The first-order chi connectivity index (χ1) is 9.81. The molecule has 2 aliphatic rings. The van der Waals surface area contributed by atoms with E-state index in [1.165, 1.54) is 19.3 Å². The highest BCUT2D eigenvalue weighted by Crippen LogP contribution is 2.44. The fourth-order valence-electron chi connectivity index (χ4n) is 3.63. The topological polar surface area (TPSA) is 34.4 Å². The van der Waals surface area contributed by atoms with Crippen molar-refractivity contribution < 1.29 is 4.79 Å². The first-order valence-corrected chi connectivity index (χ1v) is 8.37. The molecule has 0 amide bonds. The maximum Gasteiger partial charge on any atom is 0.182 e. The van der Waals surface area contributed by atoms with Crippen molar-refractivity contribution in [2.75, 3.05) is 0 Å². The Kier molecular flexibility index (Phi) is 3.06. The van der Waals surface area contributed by atoms with Gasteiger partial charge in [-0.1, -0.05) is 12.5 Å². The van der Waals surface area contributed by atoms with E-state index in [2.05, 4.69) is 16.7 Å². The molecule has 0 saturated carbocycles. The molecule has 2 unspecified atom stereocenters. The number of carbonyl (C=O) groups excluding carboxylic acids is 1. The standard InChI is InChI=1S/C16H18N2OS/c19-16(11-9-12-3-1-4-13(10-11)20-12)14-5-2-6-15-17-7-8-18(14)15/h2,5-8,11-13H,1,3-4,9-10H2. The van der Waals surface area contributed by atoms with Crippen LogP contribution in [-0.2, 0) is 0 Å². The second-order valence-electron chi connectivity index (χ2n) is 5.91. The van der Waals surface area contributed by atoms with Crippen molar-refractivity contribution in [1.82, 2.24) is 9.38 Å². The van der Waals surface area contributed by atoms with Gasteiger partial charge in [0.2, 0.25) is 0 Å². The number of thioether (sulfide) groups is 1. The number of fused-ring (bicyclic) bond motifs is 3. The molecule has 2 aromatic rings. The Morgan fingerprint density at radius 1 is 1.25 bits per heavy atom. The predicted molar refractivity (Wildman–Crippen MR) is 81.3 cm³/mol. The first-order valence-electron chi connectivity index (χ1n) is 7.43. The lowest BCUT2D eigenvalue weighted by atomic mass is 9.85. The summed E-state index contributed by atoms with van der Waals surface area (Å²) in [5, 5.41) is 1.41.